The van der Waals surface area contributed by atoms with E-state index < -0.39 is 6.03 Å². The van der Waals surface area contributed by atoms with E-state index in [1.165, 1.54) is 23.7 Å². The predicted octanol–water partition coefficient (Wildman–Crippen LogP) is 3.99. The number of benzene rings is 2. The first kappa shape index (κ1) is 19.6. The molecule has 3 N–H and O–H groups in total. The molecule has 2 aromatic carbocycles. The van der Waals surface area contributed by atoms with Crippen molar-refractivity contribution in [1.82, 2.24) is 15.1 Å². The number of hydrogen-bond donors (Lipinski definition) is 3. The maximum absolute atomic E-state index is 13.8. The predicted molar refractivity (Wildman–Crippen MR) is 110 cm³/mol. The molecule has 0 spiro atoms. The van der Waals surface area contributed by atoms with Crippen LogP contribution in [0.1, 0.15) is 36.9 Å². The van der Waals surface area contributed by atoms with Gasteiger partial charge in [0.15, 0.2) is 0 Å². The molecule has 0 aliphatic heterocycles. The van der Waals surface area contributed by atoms with Gasteiger partial charge in [-0.1, -0.05) is 18.2 Å². The van der Waals surface area contributed by atoms with Gasteiger partial charge in [0.25, 0.3) is 0 Å². The molecule has 0 radical (unpaired) electrons. The van der Waals surface area contributed by atoms with Crippen molar-refractivity contribution in [3.63, 3.8) is 0 Å². The maximum atomic E-state index is 13.8. The monoisotopic (exact) mass is 408 g/mol. The molecule has 4 rings (SSSR count). The normalized spacial score (nSPS) is 13.1. The molecule has 0 bridgehead atoms. The summed E-state index contributed by atoms with van der Waals surface area (Å²) < 4.78 is 15.1. The summed E-state index contributed by atoms with van der Waals surface area (Å²) in [7, 11) is 0. The van der Waals surface area contributed by atoms with E-state index in [9.17, 15) is 19.1 Å². The summed E-state index contributed by atoms with van der Waals surface area (Å²) in [5, 5.41) is 20.1. The second kappa shape index (κ2) is 7.98. The number of aromatic nitrogens is 2. The van der Waals surface area contributed by atoms with E-state index in [4.69, 9.17) is 0 Å². The van der Waals surface area contributed by atoms with Crippen molar-refractivity contribution in [3.8, 4) is 17.0 Å². The molecule has 3 aromatic rings. The lowest BCUT2D eigenvalue weighted by Crippen LogP contribution is -2.30. The van der Waals surface area contributed by atoms with Crippen LogP contribution in [0.2, 0.25) is 0 Å². The number of nitrogens with zero attached hydrogens (tertiary/aromatic N) is 2. The van der Waals surface area contributed by atoms with Gasteiger partial charge in [-0.3, -0.25) is 4.79 Å². The topological polar surface area (TPSA) is 96.3 Å². The Hall–Kier alpha value is -3.68. The first-order valence-electron chi connectivity index (χ1n) is 9.65. The van der Waals surface area contributed by atoms with E-state index in [2.05, 4.69) is 15.7 Å². The molecule has 1 heterocycles. The molecule has 1 saturated carbocycles. The van der Waals surface area contributed by atoms with Crippen molar-refractivity contribution in [2.45, 2.75) is 32.2 Å². The van der Waals surface area contributed by atoms with Crippen molar-refractivity contribution in [1.29, 1.82) is 0 Å². The first-order valence-corrected chi connectivity index (χ1v) is 9.65. The van der Waals surface area contributed by atoms with Crippen LogP contribution in [0.4, 0.5) is 14.9 Å². The SMILES string of the molecule is CC(=O)Nc1ccc(-c2cc(C3CC3)n(C(=O)NCc3ccccc3F)n2)c(O)c1. The highest BCUT2D eigenvalue weighted by molar-refractivity contribution is 5.89. The Bertz CT molecular complexity index is 1120. The second-order valence-corrected chi connectivity index (χ2v) is 7.30. The fourth-order valence-electron chi connectivity index (χ4n) is 3.28. The van der Waals surface area contributed by atoms with Crippen LogP contribution in [-0.4, -0.2) is 26.8 Å². The number of phenolic OH excluding ortho intramolecular Hbond substituents is 1. The Kier molecular flexibility index (Phi) is 5.22. The second-order valence-electron chi connectivity index (χ2n) is 7.30. The third kappa shape index (κ3) is 4.17. The highest BCUT2D eigenvalue weighted by atomic mass is 19.1. The van der Waals surface area contributed by atoms with Gasteiger partial charge in [0.05, 0.1) is 11.4 Å². The van der Waals surface area contributed by atoms with Gasteiger partial charge in [-0.25, -0.2) is 9.18 Å². The molecule has 7 nitrogen and oxygen atoms in total. The molecule has 30 heavy (non-hydrogen) atoms. The lowest BCUT2D eigenvalue weighted by molar-refractivity contribution is -0.114. The van der Waals surface area contributed by atoms with Crippen LogP contribution in [0.25, 0.3) is 11.3 Å². The molecule has 8 heteroatoms. The number of halogens is 1. The minimum Gasteiger partial charge on any atom is -0.507 e. The quantitative estimate of drug-likeness (QED) is 0.595. The van der Waals surface area contributed by atoms with E-state index in [-0.39, 0.29) is 29.9 Å². The summed E-state index contributed by atoms with van der Waals surface area (Å²) in [5.74, 6) is -0.453. The first-order chi connectivity index (χ1) is 14.4. The Balaban J connectivity index is 1.58. The Labute approximate surface area is 172 Å². The number of hydrogen-bond acceptors (Lipinski definition) is 4. The summed E-state index contributed by atoms with van der Waals surface area (Å²) in [4.78, 5) is 23.9. The summed E-state index contributed by atoms with van der Waals surface area (Å²) in [6.45, 7) is 1.43. The molecule has 2 amide bonds. The number of nitrogens with one attached hydrogen (secondary N) is 2. The third-order valence-corrected chi connectivity index (χ3v) is 4.91. The fourth-order valence-corrected chi connectivity index (χ4v) is 3.28. The number of carbonyl (C=O) groups excluding carboxylic acids is 2. The lowest BCUT2D eigenvalue weighted by Gasteiger charge is -2.08. The molecule has 1 aliphatic carbocycles. The molecule has 1 fully saturated rings. The molecular formula is C22H21FN4O3. The van der Waals surface area contributed by atoms with Gasteiger partial charge < -0.3 is 15.7 Å². The number of amides is 2. The van der Waals surface area contributed by atoms with E-state index in [1.807, 2.05) is 0 Å². The van der Waals surface area contributed by atoms with Gasteiger partial charge in [0, 0.05) is 42.3 Å². The number of anilines is 1. The summed E-state index contributed by atoms with van der Waals surface area (Å²) >= 11 is 0. The van der Waals surface area contributed by atoms with Crippen LogP contribution in [0, 0.1) is 5.82 Å². The smallest absolute Gasteiger partial charge is 0.342 e. The highest BCUT2D eigenvalue weighted by Gasteiger charge is 2.30. The average Bonchev–Trinajstić information content (AvgIpc) is 3.45. The zero-order chi connectivity index (χ0) is 21.3. The Morgan fingerprint density at radius 3 is 2.63 bits per heavy atom. The van der Waals surface area contributed by atoms with Crippen molar-refractivity contribution in [2.75, 3.05) is 5.32 Å². The highest BCUT2D eigenvalue weighted by Crippen LogP contribution is 2.42. The summed E-state index contributed by atoms with van der Waals surface area (Å²) in [5.41, 5.74) is 2.50. The molecule has 154 valence electrons. The van der Waals surface area contributed by atoms with Crippen LogP contribution in [0.15, 0.2) is 48.5 Å². The zero-order valence-corrected chi connectivity index (χ0v) is 16.4. The lowest BCUT2D eigenvalue weighted by atomic mass is 10.1. The van der Waals surface area contributed by atoms with Crippen molar-refractivity contribution < 1.29 is 19.1 Å². The van der Waals surface area contributed by atoms with Crippen molar-refractivity contribution in [3.05, 3.63) is 65.6 Å². The number of rotatable bonds is 5. The maximum Gasteiger partial charge on any atom is 0.342 e. The number of carbonyl (C=O) groups is 2. The minimum atomic E-state index is -0.458. The summed E-state index contributed by atoms with van der Waals surface area (Å²) in [6.07, 6.45) is 1.92. The number of aromatic hydroxyl groups is 1. The van der Waals surface area contributed by atoms with Crippen LogP contribution >= 0.6 is 0 Å². The van der Waals surface area contributed by atoms with Crippen molar-refractivity contribution >= 4 is 17.6 Å². The molecular weight excluding hydrogens is 387 g/mol. The van der Waals surface area contributed by atoms with E-state index in [0.717, 1.165) is 18.5 Å². The van der Waals surface area contributed by atoms with Crippen LogP contribution in [0.5, 0.6) is 5.75 Å². The number of phenols is 1. The zero-order valence-electron chi connectivity index (χ0n) is 16.4. The van der Waals surface area contributed by atoms with Gasteiger partial charge in [0.1, 0.15) is 11.6 Å². The average molecular weight is 408 g/mol. The standard InChI is InChI=1S/C22H21FN4O3/c1-13(28)25-16-8-9-17(21(29)10-16)19-11-20(14-6-7-14)27(26-19)22(30)24-12-15-4-2-3-5-18(15)23/h2-5,8-11,14,29H,6-7,12H2,1H3,(H,24,30)(H,25,28). The fraction of sp³-hybridized carbons (Fsp3) is 0.227. The van der Waals surface area contributed by atoms with E-state index in [1.54, 1.807) is 36.4 Å². The molecule has 1 aliphatic rings. The van der Waals surface area contributed by atoms with Gasteiger partial charge in [-0.2, -0.15) is 9.78 Å². The van der Waals surface area contributed by atoms with Crippen LogP contribution < -0.4 is 10.6 Å². The Morgan fingerprint density at radius 1 is 1.20 bits per heavy atom. The molecule has 0 unspecified atom stereocenters. The van der Waals surface area contributed by atoms with Gasteiger partial charge in [0.2, 0.25) is 5.91 Å². The molecule has 1 aromatic heterocycles. The Morgan fingerprint density at radius 2 is 1.97 bits per heavy atom. The van der Waals surface area contributed by atoms with Crippen LogP contribution in [0.3, 0.4) is 0 Å². The molecule has 0 atom stereocenters. The van der Waals surface area contributed by atoms with Crippen LogP contribution in [-0.2, 0) is 11.3 Å². The van der Waals surface area contributed by atoms with Gasteiger partial charge in [-0.15, -0.1) is 0 Å². The van der Waals surface area contributed by atoms with Crippen molar-refractivity contribution in [2.24, 2.45) is 0 Å². The molecule has 0 saturated heterocycles. The summed E-state index contributed by atoms with van der Waals surface area (Å²) in [6, 6.07) is 12.3. The van der Waals surface area contributed by atoms with Gasteiger partial charge in [-0.05, 0) is 37.1 Å². The minimum absolute atomic E-state index is 0.0431. The van der Waals surface area contributed by atoms with E-state index in [0.29, 0.717) is 22.5 Å². The third-order valence-electron chi connectivity index (χ3n) is 4.91. The largest absolute Gasteiger partial charge is 0.507 e. The van der Waals surface area contributed by atoms with Gasteiger partial charge >= 0.3 is 6.03 Å². The van der Waals surface area contributed by atoms with E-state index >= 15 is 0 Å².